The van der Waals surface area contributed by atoms with Crippen LogP contribution in [0.25, 0.3) is 32.4 Å². The number of nitrogens with one attached hydrogen (secondary N) is 3. The normalized spacial score (nSPS) is 12.3. The summed E-state index contributed by atoms with van der Waals surface area (Å²) in [7, 11) is 3.21. The van der Waals surface area contributed by atoms with Gasteiger partial charge < -0.3 is 50.6 Å². The zero-order valence-electron chi connectivity index (χ0n) is 38.7. The van der Waals surface area contributed by atoms with E-state index in [0.29, 0.717) is 46.8 Å². The third-order valence-corrected chi connectivity index (χ3v) is 10.6. The Balaban J connectivity index is 1.34. The molecule has 66 heavy (non-hydrogen) atoms. The number of pyridine rings is 1. The van der Waals surface area contributed by atoms with Crippen LogP contribution in [0.1, 0.15) is 71.0 Å². The van der Waals surface area contributed by atoms with Gasteiger partial charge in [-0.15, -0.1) is 0 Å². The number of nitrogens with zero attached hydrogens (tertiary/aromatic N) is 8. The number of rotatable bonds is 25. The van der Waals surface area contributed by atoms with Crippen molar-refractivity contribution in [1.29, 1.82) is 0 Å². The number of benzene rings is 2. The summed E-state index contributed by atoms with van der Waals surface area (Å²) in [5, 5.41) is 22.7. The lowest BCUT2D eigenvalue weighted by molar-refractivity contribution is -0.130. The number of Topliss-reactive ketones (excluding diaryl/α,β-unsaturated/α-hetero) is 1. The topological polar surface area (TPSA) is 289 Å². The number of carbonyl (C=O) groups is 6. The molecule has 2 aromatic carbocycles. The van der Waals surface area contributed by atoms with E-state index >= 15 is 0 Å². The number of fused-ring (bicyclic) bond motifs is 3. The Morgan fingerprint density at radius 3 is 2.35 bits per heavy atom. The number of carbonyl (C=O) groups excluding carboxylic acids is 6. The van der Waals surface area contributed by atoms with Gasteiger partial charge in [-0.1, -0.05) is 49.3 Å². The molecule has 0 radical (unpaired) electrons. The third-order valence-electron chi connectivity index (χ3n) is 10.6. The van der Waals surface area contributed by atoms with E-state index < -0.39 is 48.0 Å². The first-order valence-corrected chi connectivity index (χ1v) is 21.8. The number of aliphatic hydroxyl groups is 1. The lowest BCUT2D eigenvalue weighted by Crippen LogP contribution is -2.46. The van der Waals surface area contributed by atoms with Crippen LogP contribution in [0, 0.1) is 11.8 Å². The predicted molar refractivity (Wildman–Crippen MR) is 247 cm³/mol. The highest BCUT2D eigenvalue weighted by molar-refractivity contribution is 6.04. The van der Waals surface area contributed by atoms with Crippen LogP contribution in [-0.2, 0) is 54.8 Å². The van der Waals surface area contributed by atoms with Crippen LogP contribution >= 0.6 is 0 Å². The molecule has 2 aromatic heterocycles. The number of anilines is 1. The third kappa shape index (κ3) is 15.4. The lowest BCUT2D eigenvalue weighted by Gasteiger charge is -2.24. The summed E-state index contributed by atoms with van der Waals surface area (Å²) in [6, 6.07) is 12.5. The number of hydrogen-bond acceptors (Lipinski definition) is 12. The van der Waals surface area contributed by atoms with Gasteiger partial charge in [0.2, 0.25) is 17.7 Å². The second-order valence-electron chi connectivity index (χ2n) is 17.0. The molecule has 0 spiro atoms. The van der Waals surface area contributed by atoms with Gasteiger partial charge in [0.25, 0.3) is 0 Å². The minimum Gasteiger partial charge on any atom is -0.445 e. The number of likely N-dealkylation sites (N-methyl/N-ethyl adjacent to an activating group) is 2. The van der Waals surface area contributed by atoms with Gasteiger partial charge in [-0.05, 0) is 68.8 Å². The van der Waals surface area contributed by atoms with Crippen molar-refractivity contribution in [3.05, 3.63) is 76.1 Å². The van der Waals surface area contributed by atoms with Crippen LogP contribution < -0.4 is 21.7 Å². The summed E-state index contributed by atoms with van der Waals surface area (Å²) in [5.41, 5.74) is 16.2. The maximum Gasteiger partial charge on any atom is 0.409 e. The monoisotopic (exact) mass is 914 g/mol. The first-order chi connectivity index (χ1) is 31.3. The van der Waals surface area contributed by atoms with Crippen LogP contribution in [0.5, 0.6) is 0 Å². The highest BCUT2D eigenvalue weighted by Gasteiger charge is 2.30. The van der Waals surface area contributed by atoms with Gasteiger partial charge in [0, 0.05) is 68.7 Å². The van der Waals surface area contributed by atoms with Crippen molar-refractivity contribution in [2.75, 3.05) is 52.2 Å². The molecule has 21 nitrogen and oxygen atoms in total. The fourth-order valence-electron chi connectivity index (χ4n) is 7.09. The van der Waals surface area contributed by atoms with Crippen molar-refractivity contribution in [2.24, 2.45) is 22.7 Å². The molecule has 0 fully saturated rings. The Morgan fingerprint density at radius 2 is 1.70 bits per heavy atom. The molecule has 0 aliphatic rings. The Kier molecular flexibility index (Phi) is 19.2. The largest absolute Gasteiger partial charge is 0.445 e. The maximum absolute atomic E-state index is 13.6. The highest BCUT2D eigenvalue weighted by atomic mass is 16.6. The van der Waals surface area contributed by atoms with Gasteiger partial charge in [-0.2, -0.15) is 0 Å². The second kappa shape index (κ2) is 24.5. The number of aromatic nitrogens is 3. The van der Waals surface area contributed by atoms with Crippen molar-refractivity contribution in [3.63, 3.8) is 0 Å². The molecule has 0 aliphatic carbocycles. The minimum absolute atomic E-state index is 0.0528. The number of urea groups is 1. The van der Waals surface area contributed by atoms with E-state index in [9.17, 15) is 33.9 Å². The first kappa shape index (κ1) is 51.8. The van der Waals surface area contributed by atoms with Gasteiger partial charge in [-0.25, -0.2) is 19.6 Å². The number of imidazole rings is 1. The molecule has 0 saturated carbocycles. The van der Waals surface area contributed by atoms with Crippen LogP contribution in [0.2, 0.25) is 0 Å². The SMILES string of the molecule is CCOCc1nc2c(CC(=O)N(C)CCN(C)C(=O)OCc3ccc(NC(=O)[C@@H](CCCNC(N)=O)CC(=O)[C@H](NC(=O)CN=[N+]=[N-])C(C)C)cc3)nc3ccccc3c2n1CC(C)(C)O. The summed E-state index contributed by atoms with van der Waals surface area (Å²) < 4.78 is 13.2. The van der Waals surface area contributed by atoms with Crippen LogP contribution in [0.15, 0.2) is 53.6 Å². The lowest BCUT2D eigenvalue weighted by atomic mass is 9.89. The standard InChI is InChI=1S/C45H62N12O9/c1-8-65-26-36-52-40-34(51-33-14-10-9-13-32(33)41(40)57(36)27-45(4,5)64)23-38(60)55(6)20-21-56(7)44(63)66-25-29-15-17-31(18-16-29)50-42(61)30(12-11-19-48-43(46)62)22-35(58)39(28(2)3)53-37(59)24-49-54-47/h9-10,13-18,28,30,39,64H,8,11-12,19-27H2,1-7H3,(H,50,61)(H,53,59)(H3,46,48,62)/t30-,39+/m0/s1. The van der Waals surface area contributed by atoms with Crippen molar-refractivity contribution in [3.8, 4) is 0 Å². The Labute approximate surface area is 383 Å². The van der Waals surface area contributed by atoms with E-state index in [-0.39, 0.29) is 76.3 Å². The number of hydrogen-bond donors (Lipinski definition) is 5. The molecule has 4 aromatic rings. The van der Waals surface area contributed by atoms with E-state index in [1.807, 2.05) is 35.8 Å². The molecule has 0 saturated heterocycles. The van der Waals surface area contributed by atoms with E-state index in [1.54, 1.807) is 66.1 Å². The summed E-state index contributed by atoms with van der Waals surface area (Å²) in [6.07, 6.45) is -0.313. The van der Waals surface area contributed by atoms with E-state index in [0.717, 1.165) is 10.9 Å². The average Bonchev–Trinajstić information content (AvgIpc) is 3.62. The molecule has 0 aliphatic heterocycles. The van der Waals surface area contributed by atoms with Crippen molar-refractivity contribution in [1.82, 2.24) is 35.0 Å². The maximum atomic E-state index is 13.6. The summed E-state index contributed by atoms with van der Waals surface area (Å²) in [5.74, 6) is -2.23. The van der Waals surface area contributed by atoms with Crippen molar-refractivity contribution < 1.29 is 43.3 Å². The minimum atomic E-state index is -1.06. The van der Waals surface area contributed by atoms with Crippen molar-refractivity contribution >= 4 is 63.3 Å². The molecule has 2 heterocycles. The average molecular weight is 915 g/mol. The number of amides is 6. The number of para-hydroxylation sites is 1. The van der Waals surface area contributed by atoms with E-state index in [2.05, 4.69) is 26.0 Å². The van der Waals surface area contributed by atoms with Gasteiger partial charge >= 0.3 is 12.1 Å². The Hall–Kier alpha value is -6.83. The molecule has 21 heteroatoms. The van der Waals surface area contributed by atoms with Gasteiger partial charge in [0.05, 0.1) is 41.3 Å². The number of primary amides is 1. The molecule has 2 atom stereocenters. The molecule has 6 N–H and O–H groups in total. The van der Waals surface area contributed by atoms with Crippen LogP contribution in [0.3, 0.4) is 0 Å². The molecule has 0 unspecified atom stereocenters. The summed E-state index contributed by atoms with van der Waals surface area (Å²) in [6.45, 7) is 9.76. The number of ketones is 1. The number of ether oxygens (including phenoxy) is 2. The Bertz CT molecular complexity index is 2390. The predicted octanol–water partition coefficient (Wildman–Crippen LogP) is 4.57. The van der Waals surface area contributed by atoms with E-state index in [4.69, 9.17) is 30.7 Å². The zero-order chi connectivity index (χ0) is 48.6. The van der Waals surface area contributed by atoms with Gasteiger partial charge in [-0.3, -0.25) is 19.2 Å². The molecule has 0 bridgehead atoms. The molecular weight excluding hydrogens is 853 g/mol. The summed E-state index contributed by atoms with van der Waals surface area (Å²) >= 11 is 0. The fourth-order valence-corrected chi connectivity index (χ4v) is 7.09. The quantitative estimate of drug-likeness (QED) is 0.0266. The molecular formula is C45H62N12O9. The zero-order valence-corrected chi connectivity index (χ0v) is 38.7. The highest BCUT2D eigenvalue weighted by Crippen LogP contribution is 2.30. The van der Waals surface area contributed by atoms with Gasteiger partial charge in [0.1, 0.15) is 31.1 Å². The molecule has 6 amide bonds. The summed E-state index contributed by atoms with van der Waals surface area (Å²) in [4.78, 5) is 92.0. The first-order valence-electron chi connectivity index (χ1n) is 21.8. The second-order valence-corrected chi connectivity index (χ2v) is 17.0. The van der Waals surface area contributed by atoms with Gasteiger partial charge in [0.15, 0.2) is 5.78 Å². The molecule has 4 rings (SSSR count). The van der Waals surface area contributed by atoms with Crippen LogP contribution in [-0.4, -0.2) is 124 Å². The van der Waals surface area contributed by atoms with E-state index in [1.165, 1.54) is 9.80 Å². The fraction of sp³-hybridized carbons (Fsp3) is 0.511. The van der Waals surface area contributed by atoms with Crippen LogP contribution in [0.4, 0.5) is 15.3 Å². The Morgan fingerprint density at radius 1 is 1.00 bits per heavy atom. The molecule has 356 valence electrons. The number of nitrogens with two attached hydrogens (primary N) is 1. The number of azide groups is 1. The van der Waals surface area contributed by atoms with Crippen molar-refractivity contribution in [2.45, 2.75) is 91.7 Å². The smallest absolute Gasteiger partial charge is 0.409 e.